The first-order chi connectivity index (χ1) is 13.0. The lowest BCUT2D eigenvalue weighted by Crippen LogP contribution is -2.18. The number of aromatic amines is 1. The highest BCUT2D eigenvalue weighted by Gasteiger charge is 2.10. The number of H-pyrrole nitrogens is 1. The van der Waals surface area contributed by atoms with E-state index in [9.17, 15) is 14.0 Å². The Kier molecular flexibility index (Phi) is 6.20. The number of benzene rings is 2. The third-order valence-electron chi connectivity index (χ3n) is 3.44. The van der Waals surface area contributed by atoms with Crippen molar-refractivity contribution in [1.29, 1.82) is 0 Å². The molecule has 0 atom stereocenters. The molecule has 6 nitrogen and oxygen atoms in total. The molecule has 3 aromatic rings. The fraction of sp³-hybridized carbons (Fsp3) is 0.111. The Bertz CT molecular complexity index is 1010. The third kappa shape index (κ3) is 5.63. The van der Waals surface area contributed by atoms with Crippen LogP contribution in [0.15, 0.2) is 58.5 Å². The quantitative estimate of drug-likeness (QED) is 0.615. The Hall–Kier alpha value is -2.71. The molecule has 0 aliphatic heterocycles. The van der Waals surface area contributed by atoms with Crippen LogP contribution in [0.25, 0.3) is 0 Å². The number of halogens is 2. The lowest BCUT2D eigenvalue weighted by atomic mass is 10.1. The van der Waals surface area contributed by atoms with Crippen molar-refractivity contribution in [3.63, 3.8) is 0 Å². The molecule has 0 saturated heterocycles. The van der Waals surface area contributed by atoms with Crippen molar-refractivity contribution in [2.75, 3.05) is 11.1 Å². The molecule has 27 heavy (non-hydrogen) atoms. The average Bonchev–Trinajstić information content (AvgIpc) is 2.63. The molecule has 1 amide bonds. The second-order valence-corrected chi connectivity index (χ2v) is 6.88. The van der Waals surface area contributed by atoms with E-state index in [0.29, 0.717) is 17.3 Å². The Morgan fingerprint density at radius 3 is 2.63 bits per heavy atom. The summed E-state index contributed by atoms with van der Waals surface area (Å²) in [5, 5.41) is 3.26. The van der Waals surface area contributed by atoms with E-state index in [2.05, 4.69) is 20.3 Å². The van der Waals surface area contributed by atoms with E-state index >= 15 is 0 Å². The number of hydrogen-bond acceptors (Lipinski definition) is 5. The average molecular weight is 405 g/mol. The van der Waals surface area contributed by atoms with Crippen LogP contribution >= 0.6 is 23.4 Å². The summed E-state index contributed by atoms with van der Waals surface area (Å²) in [5.41, 5.74) is 0.464. The normalized spacial score (nSPS) is 10.6. The first kappa shape index (κ1) is 19.1. The van der Waals surface area contributed by atoms with Crippen molar-refractivity contribution >= 4 is 35.0 Å². The van der Waals surface area contributed by atoms with Gasteiger partial charge in [0.1, 0.15) is 11.6 Å². The number of rotatable bonds is 6. The Morgan fingerprint density at radius 2 is 1.89 bits per heavy atom. The zero-order valence-electron chi connectivity index (χ0n) is 13.9. The van der Waals surface area contributed by atoms with Crippen LogP contribution in [0.2, 0.25) is 5.02 Å². The summed E-state index contributed by atoms with van der Waals surface area (Å²) in [6, 6.07) is 13.0. The number of nitrogens with zero attached hydrogens (tertiary/aromatic N) is 2. The van der Waals surface area contributed by atoms with Gasteiger partial charge < -0.3 is 5.32 Å². The summed E-state index contributed by atoms with van der Waals surface area (Å²) in [6.45, 7) is 0. The molecule has 0 unspecified atom stereocenters. The fourth-order valence-corrected chi connectivity index (χ4v) is 3.01. The molecule has 3 rings (SSSR count). The van der Waals surface area contributed by atoms with Crippen LogP contribution in [0.3, 0.4) is 0 Å². The molecule has 9 heteroatoms. The molecular weight excluding hydrogens is 391 g/mol. The maximum absolute atomic E-state index is 13.6. The Labute approximate surface area is 163 Å². The van der Waals surface area contributed by atoms with Crippen LogP contribution < -0.4 is 11.0 Å². The first-order valence-corrected chi connectivity index (χ1v) is 9.25. The molecule has 0 bridgehead atoms. The molecule has 0 radical (unpaired) electrons. The summed E-state index contributed by atoms with van der Waals surface area (Å²) < 4.78 is 13.6. The van der Waals surface area contributed by atoms with Gasteiger partial charge in [-0.15, -0.1) is 0 Å². The largest absolute Gasteiger partial charge is 0.348 e. The van der Waals surface area contributed by atoms with E-state index in [1.54, 1.807) is 18.2 Å². The lowest BCUT2D eigenvalue weighted by Gasteiger charge is -2.06. The molecule has 0 fully saturated rings. The molecule has 2 aromatic carbocycles. The van der Waals surface area contributed by atoms with Gasteiger partial charge in [-0.3, -0.25) is 9.78 Å². The number of thioether (sulfide) groups is 1. The van der Waals surface area contributed by atoms with Crippen molar-refractivity contribution in [1.82, 2.24) is 15.0 Å². The van der Waals surface area contributed by atoms with Crippen molar-refractivity contribution < 1.29 is 9.18 Å². The van der Waals surface area contributed by atoms with Crippen LogP contribution in [0.5, 0.6) is 0 Å². The molecule has 0 aliphatic carbocycles. The monoisotopic (exact) mass is 404 g/mol. The van der Waals surface area contributed by atoms with Gasteiger partial charge >= 0.3 is 5.69 Å². The van der Waals surface area contributed by atoms with Gasteiger partial charge in [-0.1, -0.05) is 47.6 Å². The molecule has 138 valence electrons. The highest BCUT2D eigenvalue weighted by Crippen LogP contribution is 2.16. The smallest absolute Gasteiger partial charge is 0.323 e. The number of aromatic nitrogens is 3. The summed E-state index contributed by atoms with van der Waals surface area (Å²) in [6.07, 6.45) is 0.393. The number of amides is 1. The summed E-state index contributed by atoms with van der Waals surface area (Å²) in [4.78, 5) is 34.3. The van der Waals surface area contributed by atoms with E-state index in [-0.39, 0.29) is 16.6 Å². The van der Waals surface area contributed by atoms with Crippen molar-refractivity contribution in [3.8, 4) is 0 Å². The minimum Gasteiger partial charge on any atom is -0.323 e. The number of nitrogens with one attached hydrogen (secondary N) is 2. The summed E-state index contributed by atoms with van der Waals surface area (Å²) in [5.74, 6) is -0.575. The van der Waals surface area contributed by atoms with Crippen molar-refractivity contribution in [2.45, 2.75) is 11.6 Å². The second-order valence-electron chi connectivity index (χ2n) is 5.50. The van der Waals surface area contributed by atoms with Gasteiger partial charge in [-0.2, -0.15) is 4.98 Å². The number of carbonyl (C=O) groups is 1. The molecule has 0 spiro atoms. The van der Waals surface area contributed by atoms with Crippen LogP contribution in [0.1, 0.15) is 11.4 Å². The van der Waals surface area contributed by atoms with Crippen molar-refractivity contribution in [2.24, 2.45) is 0 Å². The van der Waals surface area contributed by atoms with Crippen molar-refractivity contribution in [3.05, 3.63) is 81.2 Å². The second kappa shape index (κ2) is 8.79. The van der Waals surface area contributed by atoms with E-state index in [1.165, 1.54) is 18.2 Å². The van der Waals surface area contributed by atoms with E-state index in [1.807, 2.05) is 12.1 Å². The molecule has 1 aromatic heterocycles. The first-order valence-electron chi connectivity index (χ1n) is 7.88. The van der Waals surface area contributed by atoms with Gasteiger partial charge in [-0.05, 0) is 29.8 Å². The Balaban J connectivity index is 1.64. The van der Waals surface area contributed by atoms with Gasteiger partial charge in [0.2, 0.25) is 5.91 Å². The van der Waals surface area contributed by atoms with Gasteiger partial charge in [0, 0.05) is 11.4 Å². The van der Waals surface area contributed by atoms with Gasteiger partial charge in [0.25, 0.3) is 0 Å². The van der Waals surface area contributed by atoms with Crippen LogP contribution in [-0.2, 0) is 11.2 Å². The van der Waals surface area contributed by atoms with Gasteiger partial charge in [-0.25, -0.2) is 14.2 Å². The Morgan fingerprint density at radius 1 is 1.15 bits per heavy atom. The zero-order chi connectivity index (χ0) is 19.2. The maximum atomic E-state index is 13.6. The number of para-hydroxylation sites is 1. The number of anilines is 1. The van der Waals surface area contributed by atoms with Gasteiger partial charge in [0.05, 0.1) is 11.4 Å². The topological polar surface area (TPSA) is 87.7 Å². The molecular formula is C18H14ClFN4O2S. The predicted octanol–water partition coefficient (Wildman–Crippen LogP) is 3.28. The predicted molar refractivity (Wildman–Crippen MR) is 103 cm³/mol. The number of hydrogen-bond donors (Lipinski definition) is 2. The van der Waals surface area contributed by atoms with E-state index < -0.39 is 17.4 Å². The minimum atomic E-state index is -0.550. The highest BCUT2D eigenvalue weighted by molar-refractivity contribution is 7.99. The van der Waals surface area contributed by atoms with Crippen LogP contribution in [-0.4, -0.2) is 26.6 Å². The third-order valence-corrected chi connectivity index (χ3v) is 4.54. The fourth-order valence-electron chi connectivity index (χ4n) is 2.23. The van der Waals surface area contributed by atoms with E-state index in [4.69, 9.17) is 11.6 Å². The lowest BCUT2D eigenvalue weighted by molar-refractivity contribution is -0.113. The molecule has 0 aliphatic rings. The SMILES string of the molecule is O=C(CSc1nc(Cc2ccc(Cl)cc2)[nH]c(=O)n1)Nc1ccccc1F. The van der Waals surface area contributed by atoms with Crippen LogP contribution in [0, 0.1) is 5.82 Å². The number of carbonyl (C=O) groups excluding carboxylic acids is 1. The van der Waals surface area contributed by atoms with Crippen LogP contribution in [0.4, 0.5) is 10.1 Å². The minimum absolute atomic E-state index is 0.0574. The highest BCUT2D eigenvalue weighted by atomic mass is 35.5. The maximum Gasteiger partial charge on any atom is 0.348 e. The zero-order valence-corrected chi connectivity index (χ0v) is 15.5. The molecule has 1 heterocycles. The summed E-state index contributed by atoms with van der Waals surface area (Å²) >= 11 is 6.85. The van der Waals surface area contributed by atoms with E-state index in [0.717, 1.165) is 17.3 Å². The summed E-state index contributed by atoms with van der Waals surface area (Å²) in [7, 11) is 0. The van der Waals surface area contributed by atoms with Gasteiger partial charge in [0.15, 0.2) is 5.16 Å². The molecule has 0 saturated carbocycles. The molecule has 2 N–H and O–H groups in total. The standard InChI is InChI=1S/C18H14ClFN4O2S/c19-12-7-5-11(6-8-12)9-15-22-17(26)24-18(23-15)27-10-16(25)21-14-4-2-1-3-13(14)20/h1-8H,9-10H2,(H,21,25)(H,22,23,24,26).